The molecule has 0 aromatic heterocycles. The highest BCUT2D eigenvalue weighted by Gasteiger charge is 2.38. The van der Waals surface area contributed by atoms with Crippen molar-refractivity contribution in [1.29, 1.82) is 5.41 Å². The number of nitrogens with zero attached hydrogens (tertiary/aromatic N) is 1. The first-order valence-electron chi connectivity index (χ1n) is 11.6. The van der Waals surface area contributed by atoms with Crippen molar-refractivity contribution in [3.8, 4) is 28.7 Å². The predicted octanol–water partition coefficient (Wildman–Crippen LogP) is 4.05. The van der Waals surface area contributed by atoms with Gasteiger partial charge in [-0.25, -0.2) is 4.99 Å². The lowest BCUT2D eigenvalue weighted by molar-refractivity contribution is -0.132. The molecule has 0 bridgehead atoms. The summed E-state index contributed by atoms with van der Waals surface area (Å²) in [7, 11) is 3.03. The number of ether oxygens (including phenoxy) is 5. The van der Waals surface area contributed by atoms with Gasteiger partial charge in [-0.1, -0.05) is 23.9 Å². The zero-order valence-electron chi connectivity index (χ0n) is 21.1. The Bertz CT molecular complexity index is 1210. The third-order valence-electron chi connectivity index (χ3n) is 6.30. The van der Waals surface area contributed by atoms with Crippen molar-refractivity contribution in [1.82, 2.24) is 0 Å². The molecule has 2 heterocycles. The quantitative estimate of drug-likeness (QED) is 0.400. The summed E-state index contributed by atoms with van der Waals surface area (Å²) in [6, 6.07) is 7.84. The summed E-state index contributed by atoms with van der Waals surface area (Å²) in [6.07, 6.45) is 2.11. The van der Waals surface area contributed by atoms with Crippen LogP contribution in [-0.2, 0) is 17.6 Å². The van der Waals surface area contributed by atoms with Gasteiger partial charge in [-0.15, -0.1) is 0 Å². The van der Waals surface area contributed by atoms with Crippen LogP contribution >= 0.6 is 11.8 Å². The monoisotopic (exact) mass is 513 g/mol. The Morgan fingerprint density at radius 1 is 1.22 bits per heavy atom. The molecule has 9 nitrogen and oxygen atoms in total. The van der Waals surface area contributed by atoms with Crippen LogP contribution in [0, 0.1) is 12.3 Å². The number of carbonyl (C=O) groups excluding carboxylic acids is 1. The van der Waals surface area contributed by atoms with E-state index in [1.54, 1.807) is 0 Å². The van der Waals surface area contributed by atoms with E-state index < -0.39 is 11.6 Å². The minimum absolute atomic E-state index is 0.00400. The van der Waals surface area contributed by atoms with Gasteiger partial charge in [-0.3, -0.25) is 10.2 Å². The van der Waals surface area contributed by atoms with Gasteiger partial charge in [-0.2, -0.15) is 0 Å². The van der Waals surface area contributed by atoms with Crippen LogP contribution in [0.25, 0.3) is 0 Å². The number of benzene rings is 2. The first-order chi connectivity index (χ1) is 17.1. The number of amidine groups is 2. The number of methoxy groups -OCH3 is 2. The summed E-state index contributed by atoms with van der Waals surface area (Å²) in [6.45, 7) is 5.57. The number of carbonyl (C=O) groups is 1. The SMILES string of the molecule is COc1c(OC(C)=O)c(C)c2c(c1OC)OC(C)(COc1ccc(CC3SC(=N)N=C3N)cc1)CC2. The Balaban J connectivity index is 1.47. The first-order valence-corrected chi connectivity index (χ1v) is 12.5. The van der Waals surface area contributed by atoms with Gasteiger partial charge in [0.25, 0.3) is 0 Å². The predicted molar refractivity (Wildman–Crippen MR) is 139 cm³/mol. The standard InChI is InChI=1S/C26H31N3O6S/c1-14-18-10-11-26(3,35-21(18)23(32-5)22(31-4)20(14)34-15(2)30)13-33-17-8-6-16(7-9-17)12-19-24(27)29-25(28)36-19/h6-9,19H,10-13H2,1-5H3,(H3,27,28,29). The summed E-state index contributed by atoms with van der Waals surface area (Å²) in [5.41, 5.74) is 8.12. The molecule has 2 aromatic carbocycles. The first kappa shape index (κ1) is 25.7. The highest BCUT2D eigenvalue weighted by Crippen LogP contribution is 2.53. The average Bonchev–Trinajstić information content (AvgIpc) is 3.16. The van der Waals surface area contributed by atoms with Gasteiger partial charge < -0.3 is 29.4 Å². The van der Waals surface area contributed by atoms with Crippen LogP contribution in [0.4, 0.5) is 0 Å². The van der Waals surface area contributed by atoms with Crippen LogP contribution in [0.2, 0.25) is 0 Å². The minimum Gasteiger partial charge on any atom is -0.490 e. The number of thioether (sulfide) groups is 1. The smallest absolute Gasteiger partial charge is 0.308 e. The van der Waals surface area contributed by atoms with Crippen LogP contribution in [0.1, 0.15) is 37.0 Å². The van der Waals surface area contributed by atoms with E-state index in [9.17, 15) is 4.79 Å². The van der Waals surface area contributed by atoms with Crippen molar-refractivity contribution in [3.63, 3.8) is 0 Å². The van der Waals surface area contributed by atoms with Crippen LogP contribution in [-0.4, -0.2) is 48.7 Å². The van der Waals surface area contributed by atoms with Crippen LogP contribution < -0.4 is 29.4 Å². The third-order valence-corrected chi connectivity index (χ3v) is 7.30. The lowest BCUT2D eigenvalue weighted by Gasteiger charge is -2.37. The Labute approximate surface area is 214 Å². The highest BCUT2D eigenvalue weighted by molar-refractivity contribution is 8.15. The molecule has 0 saturated heterocycles. The minimum atomic E-state index is -0.606. The molecule has 0 spiro atoms. The maximum absolute atomic E-state index is 11.7. The van der Waals surface area contributed by atoms with E-state index in [1.807, 2.05) is 38.1 Å². The fourth-order valence-electron chi connectivity index (χ4n) is 4.38. The Kier molecular flexibility index (Phi) is 7.35. The molecule has 0 radical (unpaired) electrons. The summed E-state index contributed by atoms with van der Waals surface area (Å²) < 4.78 is 29.2. The van der Waals surface area contributed by atoms with E-state index in [1.165, 1.54) is 32.9 Å². The van der Waals surface area contributed by atoms with E-state index in [2.05, 4.69) is 4.99 Å². The Hall–Kier alpha value is -3.40. The number of esters is 1. The highest BCUT2D eigenvalue weighted by atomic mass is 32.2. The molecular weight excluding hydrogens is 482 g/mol. The zero-order chi connectivity index (χ0) is 26.0. The van der Waals surface area contributed by atoms with Crippen molar-refractivity contribution in [2.75, 3.05) is 20.8 Å². The normalized spacial score (nSPS) is 20.8. The molecule has 3 N–H and O–H groups in total. The number of nitrogens with one attached hydrogen (secondary N) is 1. The van der Waals surface area contributed by atoms with Crippen molar-refractivity contribution < 1.29 is 28.5 Å². The van der Waals surface area contributed by atoms with Crippen molar-refractivity contribution in [2.45, 2.75) is 50.9 Å². The number of aliphatic imine (C=N–C) groups is 1. The average molecular weight is 514 g/mol. The molecule has 10 heteroatoms. The van der Waals surface area contributed by atoms with E-state index in [0.717, 1.165) is 22.4 Å². The van der Waals surface area contributed by atoms with E-state index >= 15 is 0 Å². The van der Waals surface area contributed by atoms with Crippen molar-refractivity contribution in [3.05, 3.63) is 41.0 Å². The van der Waals surface area contributed by atoms with E-state index in [0.29, 0.717) is 54.7 Å². The fraction of sp³-hybridized carbons (Fsp3) is 0.423. The molecule has 2 aromatic rings. The Morgan fingerprint density at radius 3 is 2.50 bits per heavy atom. The second-order valence-electron chi connectivity index (χ2n) is 9.06. The van der Waals surface area contributed by atoms with Gasteiger partial charge in [0.15, 0.2) is 16.7 Å². The lowest BCUT2D eigenvalue weighted by Crippen LogP contribution is -2.42. The summed E-state index contributed by atoms with van der Waals surface area (Å²) in [5.74, 6) is 2.44. The molecule has 4 rings (SSSR count). The molecule has 0 amide bonds. The van der Waals surface area contributed by atoms with Gasteiger partial charge >= 0.3 is 5.97 Å². The third kappa shape index (κ3) is 5.23. The molecule has 2 unspecified atom stereocenters. The maximum atomic E-state index is 11.7. The summed E-state index contributed by atoms with van der Waals surface area (Å²) in [5, 5.41) is 7.90. The van der Waals surface area contributed by atoms with E-state index in [4.69, 9.17) is 34.8 Å². The van der Waals surface area contributed by atoms with Crippen molar-refractivity contribution in [2.24, 2.45) is 10.7 Å². The molecule has 0 fully saturated rings. The van der Waals surface area contributed by atoms with Crippen molar-refractivity contribution >= 4 is 28.7 Å². The molecule has 36 heavy (non-hydrogen) atoms. The summed E-state index contributed by atoms with van der Waals surface area (Å²) in [4.78, 5) is 15.7. The molecule has 0 saturated carbocycles. The lowest BCUT2D eigenvalue weighted by atomic mass is 9.90. The molecule has 0 aliphatic carbocycles. The zero-order valence-corrected chi connectivity index (χ0v) is 21.9. The van der Waals surface area contributed by atoms with Gasteiger partial charge in [0.05, 0.1) is 19.5 Å². The second kappa shape index (κ2) is 10.3. The largest absolute Gasteiger partial charge is 0.490 e. The molecule has 2 aliphatic rings. The number of hydrogen-bond donors (Lipinski definition) is 2. The van der Waals surface area contributed by atoms with Gasteiger partial charge in [-0.05, 0) is 50.8 Å². The van der Waals surface area contributed by atoms with Gasteiger partial charge in [0.2, 0.25) is 11.5 Å². The van der Waals surface area contributed by atoms with E-state index in [-0.39, 0.29) is 10.4 Å². The number of fused-ring (bicyclic) bond motifs is 1. The fourth-order valence-corrected chi connectivity index (χ4v) is 5.26. The topological polar surface area (TPSA) is 125 Å². The second-order valence-corrected chi connectivity index (χ2v) is 10.3. The molecular formula is C26H31N3O6S. The molecule has 2 atom stereocenters. The number of rotatable bonds is 8. The number of hydrogen-bond acceptors (Lipinski definition) is 9. The van der Waals surface area contributed by atoms with Gasteiger partial charge in [0, 0.05) is 18.1 Å². The van der Waals surface area contributed by atoms with Gasteiger partial charge in [0.1, 0.15) is 23.8 Å². The van der Waals surface area contributed by atoms with Crippen LogP contribution in [0.3, 0.4) is 0 Å². The Morgan fingerprint density at radius 2 is 1.92 bits per heavy atom. The van der Waals surface area contributed by atoms with Crippen LogP contribution in [0.5, 0.6) is 28.7 Å². The molecule has 192 valence electrons. The summed E-state index contributed by atoms with van der Waals surface area (Å²) >= 11 is 1.37. The van der Waals surface area contributed by atoms with Crippen LogP contribution in [0.15, 0.2) is 29.3 Å². The molecule has 2 aliphatic heterocycles. The maximum Gasteiger partial charge on any atom is 0.308 e. The number of nitrogens with two attached hydrogens (primary N) is 1.